The first kappa shape index (κ1) is 29.5. The Morgan fingerprint density at radius 2 is 1.26 bits per heavy atom. The number of aliphatic hydroxyl groups is 2. The quantitative estimate of drug-likeness (QED) is 0.118. The Labute approximate surface area is 175 Å². The van der Waals surface area contributed by atoms with Gasteiger partial charge in [0.2, 0.25) is 10.0 Å². The first-order chi connectivity index (χ1) is 12.1. The zero-order valence-electron chi connectivity index (χ0n) is 16.3. The Morgan fingerprint density at radius 3 is 1.70 bits per heavy atom. The van der Waals surface area contributed by atoms with Crippen molar-refractivity contribution in [3.05, 3.63) is 0 Å². The zero-order valence-corrected chi connectivity index (χ0v) is 18.0. The molecule has 0 spiro atoms. The zero-order chi connectivity index (χ0) is 20.1. The number of hydrogen-bond donors (Lipinski definition) is 3. The number of nitrogens with one attached hydrogen (secondary N) is 1. The summed E-state index contributed by atoms with van der Waals surface area (Å²) in [5.74, 6) is -0.424. The van der Waals surface area contributed by atoms with Gasteiger partial charge < -0.3 is 19.7 Å². The second kappa shape index (κ2) is 16.1. The molecule has 0 saturated heterocycles. The van der Waals surface area contributed by atoms with Crippen LogP contribution in [0.4, 0.5) is 0 Å². The minimum Gasteiger partial charge on any atom is -0.748 e. The first-order valence-corrected chi connectivity index (χ1v) is 12.1. The maximum atomic E-state index is 11.1. The molecule has 0 aliphatic rings. The van der Waals surface area contributed by atoms with Gasteiger partial charge in [0.25, 0.3) is 0 Å². The average molecular weight is 425 g/mol. The van der Waals surface area contributed by atoms with Crippen molar-refractivity contribution in [3.63, 3.8) is 0 Å². The smallest absolute Gasteiger partial charge is 0.748 e. The molecule has 13 heteroatoms. The van der Waals surface area contributed by atoms with Gasteiger partial charge in [-0.05, 0) is 45.4 Å². The fourth-order valence-corrected chi connectivity index (χ4v) is 3.49. The van der Waals surface area contributed by atoms with E-state index >= 15 is 0 Å². The second-order valence-corrected chi connectivity index (χ2v) is 9.48. The van der Waals surface area contributed by atoms with Gasteiger partial charge in [-0.2, -0.15) is 0 Å². The summed E-state index contributed by atoms with van der Waals surface area (Å²) in [5, 5.41) is 18.0. The Morgan fingerprint density at radius 1 is 0.815 bits per heavy atom. The van der Waals surface area contributed by atoms with Crippen LogP contribution in [-0.2, 0) is 20.1 Å². The van der Waals surface area contributed by atoms with E-state index in [1.165, 1.54) is 0 Å². The Kier molecular flexibility index (Phi) is 17.6. The van der Waals surface area contributed by atoms with Crippen LogP contribution in [0.25, 0.3) is 0 Å². The molecule has 0 radical (unpaired) electrons. The average Bonchev–Trinajstić information content (AvgIpc) is 2.49. The summed E-state index contributed by atoms with van der Waals surface area (Å²) >= 11 is 0. The second-order valence-electron chi connectivity index (χ2n) is 6.12. The summed E-state index contributed by atoms with van der Waals surface area (Å²) in [6.07, 6.45) is 2.61. The molecule has 0 fully saturated rings. The van der Waals surface area contributed by atoms with Crippen LogP contribution in [0.5, 0.6) is 0 Å². The number of aliphatic hydroxyl groups excluding tert-OH is 2. The fraction of sp³-hybridized carbons (Fsp3) is 1.00. The topological polar surface area (TPSA) is 150 Å². The van der Waals surface area contributed by atoms with Crippen molar-refractivity contribution in [1.82, 2.24) is 14.5 Å². The maximum Gasteiger partial charge on any atom is 1.00 e. The molecule has 10 nitrogen and oxygen atoms in total. The number of rotatable bonds is 17. The van der Waals surface area contributed by atoms with Gasteiger partial charge in [-0.25, -0.2) is 21.6 Å². The van der Waals surface area contributed by atoms with Crippen molar-refractivity contribution in [1.29, 1.82) is 0 Å². The van der Waals surface area contributed by atoms with Crippen LogP contribution in [0, 0.1) is 0 Å². The molecule has 0 rings (SSSR count). The van der Waals surface area contributed by atoms with Gasteiger partial charge in [0.1, 0.15) is 0 Å². The molecule has 0 aromatic carbocycles. The Bertz CT molecular complexity index is 555. The van der Waals surface area contributed by atoms with E-state index < -0.39 is 25.9 Å². The number of sulfonamides is 1. The first-order valence-electron chi connectivity index (χ1n) is 8.62. The van der Waals surface area contributed by atoms with Gasteiger partial charge in [0.15, 0.2) is 0 Å². The number of hydrogen-bond acceptors (Lipinski definition) is 9. The maximum absolute atomic E-state index is 11.1. The van der Waals surface area contributed by atoms with Crippen LogP contribution in [0.15, 0.2) is 0 Å². The van der Waals surface area contributed by atoms with E-state index in [1.807, 2.05) is 9.80 Å². The predicted octanol–water partition coefficient (Wildman–Crippen LogP) is -5.16. The minimum atomic E-state index is -4.25. The van der Waals surface area contributed by atoms with Crippen LogP contribution in [0.2, 0.25) is 0 Å². The van der Waals surface area contributed by atoms with Gasteiger partial charge in [0.05, 0.1) is 29.6 Å². The molecule has 0 aliphatic carbocycles. The molecule has 3 N–H and O–H groups in total. The molecule has 0 bridgehead atoms. The van der Waals surface area contributed by atoms with E-state index in [0.717, 1.165) is 12.7 Å². The molecular formula is C14H32LiN3O7S2. The van der Waals surface area contributed by atoms with Crippen molar-refractivity contribution in [2.45, 2.75) is 19.3 Å². The molecular weight excluding hydrogens is 393 g/mol. The van der Waals surface area contributed by atoms with Gasteiger partial charge in [-0.3, -0.25) is 4.90 Å². The van der Waals surface area contributed by atoms with Crippen LogP contribution in [-0.4, -0.2) is 112 Å². The molecule has 0 aliphatic heterocycles. The van der Waals surface area contributed by atoms with Crippen molar-refractivity contribution in [2.75, 3.05) is 71.0 Å². The van der Waals surface area contributed by atoms with Crippen LogP contribution in [0.1, 0.15) is 19.3 Å². The van der Waals surface area contributed by atoms with Crippen LogP contribution < -0.4 is 23.6 Å². The third-order valence-electron chi connectivity index (χ3n) is 3.67. The summed E-state index contributed by atoms with van der Waals surface area (Å²) in [6.45, 7) is 3.54. The molecule has 0 heterocycles. The van der Waals surface area contributed by atoms with Crippen molar-refractivity contribution in [2.24, 2.45) is 0 Å². The molecule has 158 valence electrons. The fourth-order valence-electron chi connectivity index (χ4n) is 2.50. The summed E-state index contributed by atoms with van der Waals surface area (Å²) in [7, 11) is -7.49. The van der Waals surface area contributed by atoms with E-state index in [-0.39, 0.29) is 45.0 Å². The standard InChI is InChI=1S/C14H33N3O7S2.Li/c1-25(20,21)15-5-2-6-16(9-4-14-26(22,23)24)7-3-8-17(10-12-18)11-13-19;/h15,18-19H,2-14H2,1H3,(H,22,23,24);/q;+1/p-1. The van der Waals surface area contributed by atoms with Crippen molar-refractivity contribution < 1.29 is 50.5 Å². The van der Waals surface area contributed by atoms with E-state index in [2.05, 4.69) is 4.72 Å². The predicted molar refractivity (Wildman–Crippen MR) is 98.3 cm³/mol. The molecule has 0 aromatic heterocycles. The van der Waals surface area contributed by atoms with E-state index in [1.54, 1.807) is 0 Å². The Hall–Kier alpha value is 0.257. The molecule has 0 atom stereocenters. The molecule has 27 heavy (non-hydrogen) atoms. The minimum absolute atomic E-state index is 0. The van der Waals surface area contributed by atoms with Gasteiger partial charge in [-0.1, -0.05) is 0 Å². The molecule has 0 saturated carbocycles. The van der Waals surface area contributed by atoms with Gasteiger partial charge in [-0.15, -0.1) is 0 Å². The monoisotopic (exact) mass is 425 g/mol. The van der Waals surface area contributed by atoms with Crippen molar-refractivity contribution in [3.8, 4) is 0 Å². The van der Waals surface area contributed by atoms with Gasteiger partial charge in [0, 0.05) is 25.4 Å². The van der Waals surface area contributed by atoms with Crippen LogP contribution in [0.3, 0.4) is 0 Å². The Balaban J connectivity index is 0. The third-order valence-corrected chi connectivity index (χ3v) is 5.18. The normalized spacial score (nSPS) is 12.5. The van der Waals surface area contributed by atoms with E-state index in [0.29, 0.717) is 45.7 Å². The molecule has 0 unspecified atom stereocenters. The van der Waals surface area contributed by atoms with Gasteiger partial charge >= 0.3 is 18.9 Å². The molecule has 0 amide bonds. The summed E-state index contributed by atoms with van der Waals surface area (Å²) < 4.78 is 56.7. The summed E-state index contributed by atoms with van der Waals surface area (Å²) in [4.78, 5) is 3.91. The van der Waals surface area contributed by atoms with Crippen LogP contribution >= 0.6 is 0 Å². The van der Waals surface area contributed by atoms with E-state index in [9.17, 15) is 21.4 Å². The summed E-state index contributed by atoms with van der Waals surface area (Å²) in [6, 6.07) is 0. The largest absolute Gasteiger partial charge is 1.00 e. The third kappa shape index (κ3) is 20.8. The number of nitrogens with zero attached hydrogens (tertiary/aromatic N) is 2. The van der Waals surface area contributed by atoms with E-state index in [4.69, 9.17) is 10.2 Å². The molecule has 0 aromatic rings. The SMILES string of the molecule is CS(=O)(=O)NCCCN(CCCN(CCO)CCO)CCCS(=O)(=O)[O-].[Li+]. The summed E-state index contributed by atoms with van der Waals surface area (Å²) in [5.41, 5.74) is 0. The van der Waals surface area contributed by atoms with Crippen molar-refractivity contribution >= 4 is 20.1 Å².